The quantitative estimate of drug-likeness (QED) is 0.273. The van der Waals surface area contributed by atoms with E-state index in [9.17, 15) is 0 Å². The Morgan fingerprint density at radius 3 is 1.94 bits per heavy atom. The minimum absolute atomic E-state index is 0.125. The van der Waals surface area contributed by atoms with Gasteiger partial charge in [-0.05, 0) is 58.1 Å². The highest BCUT2D eigenvalue weighted by atomic mass is 16.5. The Hall–Kier alpha value is -4.17. The van der Waals surface area contributed by atoms with Gasteiger partial charge >= 0.3 is 0 Å². The van der Waals surface area contributed by atoms with E-state index < -0.39 is 0 Å². The maximum absolute atomic E-state index is 6.25. The van der Waals surface area contributed by atoms with Gasteiger partial charge in [0.2, 0.25) is 0 Å². The smallest absolute Gasteiger partial charge is 0.131 e. The Morgan fingerprint density at radius 2 is 1.17 bits per heavy atom. The molecule has 35 heavy (non-hydrogen) atoms. The van der Waals surface area contributed by atoms with Crippen LogP contribution in [-0.2, 0) is 5.41 Å². The highest BCUT2D eigenvalue weighted by Crippen LogP contribution is 2.48. The molecule has 0 aliphatic carbocycles. The van der Waals surface area contributed by atoms with Crippen LogP contribution in [0.4, 0.5) is 0 Å². The van der Waals surface area contributed by atoms with E-state index >= 15 is 0 Å². The fraction of sp³-hybridized carbons (Fsp3) is 0.121. The number of nitrogens with zero attached hydrogens (tertiary/aromatic N) is 1. The zero-order valence-electron chi connectivity index (χ0n) is 20.0. The second kappa shape index (κ2) is 8.56. The van der Waals surface area contributed by atoms with Gasteiger partial charge in [-0.2, -0.15) is 0 Å². The van der Waals surface area contributed by atoms with E-state index in [4.69, 9.17) is 4.74 Å². The molecule has 0 saturated carbocycles. The molecule has 0 spiro atoms. The number of ether oxygens (including phenoxy) is 1. The lowest BCUT2D eigenvalue weighted by Crippen LogP contribution is -2.24. The second-order valence-corrected chi connectivity index (χ2v) is 9.68. The van der Waals surface area contributed by atoms with Crippen molar-refractivity contribution < 1.29 is 4.74 Å². The molecule has 2 heteroatoms. The average molecular weight is 454 g/mol. The third-order valence-electron chi connectivity index (χ3n) is 7.18. The number of hydrogen-bond acceptors (Lipinski definition) is 2. The minimum atomic E-state index is -0.125. The normalized spacial score (nSPS) is 14.3. The molecule has 1 aromatic heterocycles. The van der Waals surface area contributed by atoms with E-state index in [1.807, 2.05) is 18.5 Å². The van der Waals surface area contributed by atoms with E-state index in [1.54, 1.807) is 0 Å². The number of para-hydroxylation sites is 1. The molecule has 1 aliphatic rings. The summed E-state index contributed by atoms with van der Waals surface area (Å²) in [5.41, 5.74) is 8.50. The van der Waals surface area contributed by atoms with Gasteiger partial charge < -0.3 is 4.74 Å². The van der Waals surface area contributed by atoms with Gasteiger partial charge in [-0.15, -0.1) is 0 Å². The number of pyridine rings is 1. The number of rotatable bonds is 4. The summed E-state index contributed by atoms with van der Waals surface area (Å²) in [6.45, 7) is 4.55. The van der Waals surface area contributed by atoms with Crippen LogP contribution >= 0.6 is 0 Å². The largest absolute Gasteiger partial charge is 0.457 e. The highest BCUT2D eigenvalue weighted by molar-refractivity contribution is 5.69. The van der Waals surface area contributed by atoms with E-state index in [2.05, 4.69) is 122 Å². The average Bonchev–Trinajstić information content (AvgIpc) is 2.91. The molecule has 170 valence electrons. The van der Waals surface area contributed by atoms with Crippen LogP contribution < -0.4 is 4.74 Å². The highest BCUT2D eigenvalue weighted by Gasteiger charge is 2.34. The van der Waals surface area contributed by atoms with Crippen molar-refractivity contribution in [2.24, 2.45) is 0 Å². The van der Waals surface area contributed by atoms with Gasteiger partial charge in [-0.3, -0.25) is 4.98 Å². The maximum Gasteiger partial charge on any atom is 0.131 e. The summed E-state index contributed by atoms with van der Waals surface area (Å²) in [5.74, 6) is 2.06. The SMILES string of the molecule is CC1(C)c2ccccc2Oc2ccc(-c3ccc(C(c4ccccc4)c4ccncc4)cc3)cc21. The zero-order chi connectivity index (χ0) is 23.8. The first-order valence-electron chi connectivity index (χ1n) is 12.1. The van der Waals surface area contributed by atoms with Crippen LogP contribution in [0, 0.1) is 0 Å². The number of hydrogen-bond donors (Lipinski definition) is 0. The molecule has 1 aliphatic heterocycles. The fourth-order valence-corrected chi connectivity index (χ4v) is 5.27. The molecule has 0 amide bonds. The van der Waals surface area contributed by atoms with Crippen LogP contribution in [0.2, 0.25) is 0 Å². The molecular formula is C33H27NO. The third-order valence-corrected chi connectivity index (χ3v) is 7.18. The zero-order valence-corrected chi connectivity index (χ0v) is 20.0. The van der Waals surface area contributed by atoms with E-state index in [0.717, 1.165) is 11.5 Å². The standard InChI is InChI=1S/C33H27NO/c1-33(2)28-10-6-7-11-30(28)35-31-17-16-27(22-29(31)33)23-12-14-25(15-13-23)32(24-8-4-3-5-9-24)26-18-20-34-21-19-26/h3-22,32H,1-2H3. The summed E-state index contributed by atoms with van der Waals surface area (Å²) in [6, 6.07) is 38.8. The topological polar surface area (TPSA) is 22.1 Å². The summed E-state index contributed by atoms with van der Waals surface area (Å²) in [5, 5.41) is 0. The van der Waals surface area contributed by atoms with Crippen molar-refractivity contribution in [1.29, 1.82) is 0 Å². The Morgan fingerprint density at radius 1 is 0.571 bits per heavy atom. The Bertz CT molecular complexity index is 1430. The van der Waals surface area contributed by atoms with Gasteiger partial charge in [0.15, 0.2) is 0 Å². The van der Waals surface area contributed by atoms with Crippen LogP contribution in [-0.4, -0.2) is 4.98 Å². The molecule has 0 radical (unpaired) electrons. The first-order valence-corrected chi connectivity index (χ1v) is 12.1. The Kier molecular flexibility index (Phi) is 5.22. The summed E-state index contributed by atoms with van der Waals surface area (Å²) < 4.78 is 6.25. The van der Waals surface area contributed by atoms with Crippen LogP contribution in [0.5, 0.6) is 11.5 Å². The predicted octanol–water partition coefficient (Wildman–Crippen LogP) is 8.36. The molecule has 0 saturated heterocycles. The van der Waals surface area contributed by atoms with E-state index in [0.29, 0.717) is 0 Å². The lowest BCUT2D eigenvalue weighted by Gasteiger charge is -2.34. The molecule has 1 atom stereocenters. The molecule has 5 aromatic rings. The lowest BCUT2D eigenvalue weighted by atomic mass is 9.75. The Labute approximate surface area is 206 Å². The molecule has 2 heterocycles. The summed E-state index contributed by atoms with van der Waals surface area (Å²) in [7, 11) is 0. The van der Waals surface area contributed by atoms with Crippen molar-refractivity contribution in [2.45, 2.75) is 25.2 Å². The summed E-state index contributed by atoms with van der Waals surface area (Å²) in [6.07, 6.45) is 3.74. The maximum atomic E-state index is 6.25. The van der Waals surface area contributed by atoms with Gasteiger partial charge in [0.25, 0.3) is 0 Å². The minimum Gasteiger partial charge on any atom is -0.457 e. The van der Waals surface area contributed by atoms with E-state index in [1.165, 1.54) is 38.9 Å². The van der Waals surface area contributed by atoms with Crippen LogP contribution in [0.1, 0.15) is 47.6 Å². The molecule has 0 bridgehead atoms. The lowest BCUT2D eigenvalue weighted by molar-refractivity contribution is 0.418. The molecule has 0 N–H and O–H groups in total. The van der Waals surface area contributed by atoms with Crippen LogP contribution in [0.15, 0.2) is 122 Å². The number of fused-ring (bicyclic) bond motifs is 2. The molecular weight excluding hydrogens is 426 g/mol. The van der Waals surface area contributed by atoms with Crippen LogP contribution in [0.3, 0.4) is 0 Å². The van der Waals surface area contributed by atoms with Gasteiger partial charge in [0.1, 0.15) is 11.5 Å². The first-order chi connectivity index (χ1) is 17.1. The van der Waals surface area contributed by atoms with Crippen molar-refractivity contribution in [1.82, 2.24) is 4.98 Å². The van der Waals surface area contributed by atoms with Crippen molar-refractivity contribution in [3.63, 3.8) is 0 Å². The third kappa shape index (κ3) is 3.81. The Balaban J connectivity index is 1.37. The van der Waals surface area contributed by atoms with Gasteiger partial charge in [-0.1, -0.05) is 92.7 Å². The van der Waals surface area contributed by atoms with Crippen molar-refractivity contribution in [3.05, 3.63) is 149 Å². The predicted molar refractivity (Wildman–Crippen MR) is 142 cm³/mol. The van der Waals surface area contributed by atoms with Crippen molar-refractivity contribution in [3.8, 4) is 22.6 Å². The summed E-state index contributed by atoms with van der Waals surface area (Å²) in [4.78, 5) is 4.22. The van der Waals surface area contributed by atoms with Crippen LogP contribution in [0.25, 0.3) is 11.1 Å². The van der Waals surface area contributed by atoms with Gasteiger partial charge in [-0.25, -0.2) is 0 Å². The number of benzene rings is 4. The van der Waals surface area contributed by atoms with Crippen molar-refractivity contribution >= 4 is 0 Å². The van der Waals surface area contributed by atoms with Crippen molar-refractivity contribution in [2.75, 3.05) is 0 Å². The van der Waals surface area contributed by atoms with E-state index in [-0.39, 0.29) is 11.3 Å². The monoisotopic (exact) mass is 453 g/mol. The molecule has 2 nitrogen and oxygen atoms in total. The number of aromatic nitrogens is 1. The van der Waals surface area contributed by atoms with Gasteiger partial charge in [0.05, 0.1) is 0 Å². The molecule has 4 aromatic carbocycles. The second-order valence-electron chi connectivity index (χ2n) is 9.68. The first kappa shape index (κ1) is 21.4. The summed E-state index contributed by atoms with van der Waals surface area (Å²) >= 11 is 0. The molecule has 6 rings (SSSR count). The van der Waals surface area contributed by atoms with Gasteiger partial charge in [0, 0.05) is 34.9 Å². The molecule has 0 fully saturated rings. The fourth-order valence-electron chi connectivity index (χ4n) is 5.27. The molecule has 1 unspecified atom stereocenters.